The zero-order chi connectivity index (χ0) is 24.3. The molecule has 35 heavy (non-hydrogen) atoms. The Hall–Kier alpha value is -3.41. The summed E-state index contributed by atoms with van der Waals surface area (Å²) in [4.78, 5) is 44.7. The molecule has 0 radical (unpaired) electrons. The van der Waals surface area contributed by atoms with Crippen LogP contribution in [0.4, 0.5) is 0 Å². The van der Waals surface area contributed by atoms with Gasteiger partial charge in [-0.1, -0.05) is 77.8 Å². The molecule has 4 atom stereocenters. The van der Waals surface area contributed by atoms with Gasteiger partial charge in [-0.25, -0.2) is 0 Å². The monoisotopic (exact) mass is 502 g/mol. The number of fused-ring (bicyclic) bond motifs is 5. The van der Waals surface area contributed by atoms with Crippen molar-refractivity contribution >= 4 is 46.9 Å². The van der Waals surface area contributed by atoms with Gasteiger partial charge in [0.25, 0.3) is 0 Å². The molecule has 3 heterocycles. The predicted octanol–water partition coefficient (Wildman–Crippen LogP) is 5.39. The molecule has 174 valence electrons. The lowest BCUT2D eigenvalue weighted by molar-refractivity contribution is -0.142. The normalized spacial score (nSPS) is 24.4. The van der Waals surface area contributed by atoms with Gasteiger partial charge >= 0.3 is 0 Å². The third-order valence-corrected chi connectivity index (χ3v) is 7.75. The van der Waals surface area contributed by atoms with Crippen molar-refractivity contribution < 1.29 is 14.4 Å². The van der Waals surface area contributed by atoms with Gasteiger partial charge in [-0.15, -0.1) is 0 Å². The van der Waals surface area contributed by atoms with Crippen molar-refractivity contribution in [2.24, 2.45) is 11.8 Å². The number of ketones is 1. The SMILES string of the molecule is O=C(c1ccc(Cl)cc1Cl)[C@@H]1[C@@H]2C(=O)N(Cc3ccccc3)C(=O)[C@H]2[C@H]2c3ccccc3C=CN12. The second kappa shape index (κ2) is 8.36. The second-order valence-electron chi connectivity index (χ2n) is 9.07. The van der Waals surface area contributed by atoms with Gasteiger partial charge in [0.15, 0.2) is 5.78 Å². The minimum absolute atomic E-state index is 0.179. The molecule has 0 N–H and O–H groups in total. The first-order valence-corrected chi connectivity index (χ1v) is 12.1. The first kappa shape index (κ1) is 22.1. The molecular weight excluding hydrogens is 483 g/mol. The molecule has 5 nitrogen and oxygen atoms in total. The van der Waals surface area contributed by atoms with Crippen molar-refractivity contribution in [1.82, 2.24) is 9.80 Å². The van der Waals surface area contributed by atoms with E-state index in [-0.39, 0.29) is 34.7 Å². The zero-order valence-corrected chi connectivity index (χ0v) is 20.0. The number of benzene rings is 3. The first-order valence-electron chi connectivity index (χ1n) is 11.4. The van der Waals surface area contributed by atoms with E-state index in [0.717, 1.165) is 16.7 Å². The third kappa shape index (κ3) is 3.41. The number of rotatable bonds is 4. The molecule has 2 saturated heterocycles. The number of nitrogens with zero attached hydrogens (tertiary/aromatic N) is 2. The summed E-state index contributed by atoms with van der Waals surface area (Å²) in [6.07, 6.45) is 3.76. The molecule has 0 aromatic heterocycles. The van der Waals surface area contributed by atoms with E-state index in [4.69, 9.17) is 23.2 Å². The van der Waals surface area contributed by atoms with Crippen LogP contribution in [0.2, 0.25) is 10.0 Å². The minimum Gasteiger partial charge on any atom is -0.358 e. The Morgan fingerprint density at radius 2 is 1.57 bits per heavy atom. The van der Waals surface area contributed by atoms with Crippen molar-refractivity contribution in [2.75, 3.05) is 0 Å². The Balaban J connectivity index is 1.46. The van der Waals surface area contributed by atoms with Gasteiger partial charge in [0.05, 0.1) is 29.4 Å². The highest BCUT2D eigenvalue weighted by atomic mass is 35.5. The Labute approximate surface area is 212 Å². The van der Waals surface area contributed by atoms with Crippen molar-refractivity contribution in [3.05, 3.63) is 111 Å². The standard InChI is InChI=1S/C28H20Cl2N2O3/c29-18-10-11-20(21(30)14-18)26(33)25-23-22(24-19-9-5-4-8-17(19)12-13-31(24)25)27(34)32(28(23)35)15-16-6-2-1-3-7-16/h1-14,22-25H,15H2/t22-,23-,24-,25+/m1/s1. The van der Waals surface area contributed by atoms with Gasteiger partial charge in [0, 0.05) is 16.8 Å². The smallest absolute Gasteiger partial charge is 0.236 e. The van der Waals surface area contributed by atoms with Gasteiger partial charge in [0.2, 0.25) is 11.8 Å². The van der Waals surface area contributed by atoms with Crippen LogP contribution in [0.15, 0.2) is 79.0 Å². The molecule has 6 rings (SSSR count). The Morgan fingerprint density at radius 1 is 0.857 bits per heavy atom. The molecule has 3 aliphatic heterocycles. The topological polar surface area (TPSA) is 57.7 Å². The largest absolute Gasteiger partial charge is 0.358 e. The molecule has 2 amide bonds. The van der Waals surface area contributed by atoms with Crippen LogP contribution in [0.25, 0.3) is 6.08 Å². The number of amides is 2. The van der Waals surface area contributed by atoms with Crippen molar-refractivity contribution in [3.63, 3.8) is 0 Å². The maximum Gasteiger partial charge on any atom is 0.236 e. The Kier molecular flexibility index (Phi) is 5.28. The highest BCUT2D eigenvalue weighted by Crippen LogP contribution is 2.53. The van der Waals surface area contributed by atoms with E-state index >= 15 is 0 Å². The van der Waals surface area contributed by atoms with Crippen molar-refractivity contribution in [2.45, 2.75) is 18.6 Å². The number of Topliss-reactive ketones (excluding diaryl/α,β-unsaturated/α-hetero) is 1. The fourth-order valence-corrected chi connectivity index (χ4v) is 6.19. The number of carbonyl (C=O) groups excluding carboxylic acids is 3. The third-order valence-electron chi connectivity index (χ3n) is 7.20. The molecule has 0 unspecified atom stereocenters. The summed E-state index contributed by atoms with van der Waals surface area (Å²) >= 11 is 12.5. The molecule has 0 aliphatic carbocycles. The molecular formula is C28H20Cl2N2O3. The molecule has 0 bridgehead atoms. The van der Waals surface area contributed by atoms with Crippen LogP contribution in [0.5, 0.6) is 0 Å². The summed E-state index contributed by atoms with van der Waals surface area (Å²) in [5.74, 6) is -2.35. The summed E-state index contributed by atoms with van der Waals surface area (Å²) in [5.41, 5.74) is 3.06. The molecule has 0 saturated carbocycles. The Morgan fingerprint density at radius 3 is 2.34 bits per heavy atom. The highest BCUT2D eigenvalue weighted by Gasteiger charge is 2.64. The number of hydrogen-bond acceptors (Lipinski definition) is 4. The van der Waals surface area contributed by atoms with E-state index in [1.165, 1.54) is 11.0 Å². The molecule has 0 spiro atoms. The molecule has 2 fully saturated rings. The van der Waals surface area contributed by atoms with Crippen LogP contribution in [-0.2, 0) is 16.1 Å². The Bertz CT molecular complexity index is 1400. The first-order chi connectivity index (χ1) is 17.0. The zero-order valence-electron chi connectivity index (χ0n) is 18.5. The van der Waals surface area contributed by atoms with E-state index in [9.17, 15) is 14.4 Å². The van der Waals surface area contributed by atoms with Crippen LogP contribution < -0.4 is 0 Å². The van der Waals surface area contributed by atoms with Crippen molar-refractivity contribution in [3.8, 4) is 0 Å². The van der Waals surface area contributed by atoms with E-state index in [1.54, 1.807) is 12.1 Å². The second-order valence-corrected chi connectivity index (χ2v) is 9.91. The van der Waals surface area contributed by atoms with Crippen LogP contribution in [-0.4, -0.2) is 33.4 Å². The summed E-state index contributed by atoms with van der Waals surface area (Å²) < 4.78 is 0. The fraction of sp³-hybridized carbons (Fsp3) is 0.179. The van der Waals surface area contributed by atoms with Crippen LogP contribution in [0.3, 0.4) is 0 Å². The number of imide groups is 1. The number of hydrogen-bond donors (Lipinski definition) is 0. The fourth-order valence-electron chi connectivity index (χ4n) is 5.69. The lowest BCUT2D eigenvalue weighted by Crippen LogP contribution is -2.44. The summed E-state index contributed by atoms with van der Waals surface area (Å²) in [7, 11) is 0. The van der Waals surface area contributed by atoms with Gasteiger partial charge in [0.1, 0.15) is 6.04 Å². The highest BCUT2D eigenvalue weighted by molar-refractivity contribution is 6.37. The van der Waals surface area contributed by atoms with Crippen LogP contribution in [0.1, 0.15) is 33.1 Å². The van der Waals surface area contributed by atoms with Gasteiger partial charge in [-0.3, -0.25) is 19.3 Å². The summed E-state index contributed by atoms with van der Waals surface area (Å²) in [6, 6.07) is 20.6. The van der Waals surface area contributed by atoms with E-state index in [2.05, 4.69) is 0 Å². The van der Waals surface area contributed by atoms with E-state index < -0.39 is 23.9 Å². The van der Waals surface area contributed by atoms with E-state index in [0.29, 0.717) is 5.02 Å². The average Bonchev–Trinajstić information content (AvgIpc) is 3.33. The van der Waals surface area contributed by atoms with Crippen LogP contribution >= 0.6 is 23.2 Å². The summed E-state index contributed by atoms with van der Waals surface area (Å²) in [6.45, 7) is 0.179. The quantitative estimate of drug-likeness (QED) is 0.354. The molecule has 3 aliphatic rings. The van der Waals surface area contributed by atoms with E-state index in [1.807, 2.05) is 71.8 Å². The lowest BCUT2D eigenvalue weighted by atomic mass is 9.83. The predicted molar refractivity (Wildman–Crippen MR) is 134 cm³/mol. The number of likely N-dealkylation sites (tertiary alicyclic amines) is 1. The number of carbonyl (C=O) groups is 3. The van der Waals surface area contributed by atoms with Gasteiger partial charge < -0.3 is 4.90 Å². The van der Waals surface area contributed by atoms with Crippen molar-refractivity contribution in [1.29, 1.82) is 0 Å². The molecule has 7 heteroatoms. The molecule has 3 aromatic carbocycles. The van der Waals surface area contributed by atoms with Gasteiger partial charge in [-0.05, 0) is 41.0 Å². The maximum absolute atomic E-state index is 13.9. The minimum atomic E-state index is -0.856. The van der Waals surface area contributed by atoms with Crippen LogP contribution in [0, 0.1) is 11.8 Å². The number of halogens is 2. The maximum atomic E-state index is 13.9. The molecule has 3 aromatic rings. The lowest BCUT2D eigenvalue weighted by Gasteiger charge is -2.35. The van der Waals surface area contributed by atoms with Gasteiger partial charge in [-0.2, -0.15) is 0 Å². The average molecular weight is 503 g/mol. The summed E-state index contributed by atoms with van der Waals surface area (Å²) in [5, 5.41) is 0.642.